The van der Waals surface area contributed by atoms with Crippen LogP contribution in [0.1, 0.15) is 17.0 Å². The van der Waals surface area contributed by atoms with Crippen LogP contribution < -0.4 is 10.5 Å². The van der Waals surface area contributed by atoms with Crippen LogP contribution in [0.2, 0.25) is 5.02 Å². The highest BCUT2D eigenvalue weighted by Gasteiger charge is 2.31. The molecule has 116 valence electrons. The molecule has 0 amide bonds. The van der Waals surface area contributed by atoms with Crippen LogP contribution in [0.15, 0.2) is 72.1 Å². The lowest BCUT2D eigenvalue weighted by Crippen LogP contribution is -2.21. The molecular formula is C20H13ClN2O. The Labute approximate surface area is 144 Å². The molecule has 1 atom stereocenters. The van der Waals surface area contributed by atoms with E-state index in [9.17, 15) is 5.26 Å². The summed E-state index contributed by atoms with van der Waals surface area (Å²) < 4.78 is 5.83. The molecule has 0 aromatic heterocycles. The van der Waals surface area contributed by atoms with Gasteiger partial charge in [0.2, 0.25) is 5.88 Å². The lowest BCUT2D eigenvalue weighted by Gasteiger charge is -2.27. The number of allylic oxidation sites excluding steroid dienone is 1. The molecule has 0 fully saturated rings. The lowest BCUT2D eigenvalue weighted by atomic mass is 9.82. The van der Waals surface area contributed by atoms with Crippen LogP contribution in [0.3, 0.4) is 0 Å². The Hall–Kier alpha value is -2.96. The molecule has 24 heavy (non-hydrogen) atoms. The number of rotatable bonds is 1. The highest BCUT2D eigenvalue weighted by molar-refractivity contribution is 6.30. The van der Waals surface area contributed by atoms with Gasteiger partial charge < -0.3 is 10.5 Å². The van der Waals surface area contributed by atoms with Gasteiger partial charge in [-0.05, 0) is 23.1 Å². The van der Waals surface area contributed by atoms with E-state index in [1.807, 2.05) is 60.7 Å². The van der Waals surface area contributed by atoms with Crippen molar-refractivity contribution in [2.45, 2.75) is 5.92 Å². The number of halogens is 1. The van der Waals surface area contributed by atoms with E-state index in [2.05, 4.69) is 6.07 Å². The third kappa shape index (κ3) is 2.20. The molecular weight excluding hydrogens is 320 g/mol. The monoisotopic (exact) mass is 332 g/mol. The van der Waals surface area contributed by atoms with Crippen molar-refractivity contribution in [2.75, 3.05) is 0 Å². The zero-order valence-electron chi connectivity index (χ0n) is 12.7. The summed E-state index contributed by atoms with van der Waals surface area (Å²) in [5.41, 5.74) is 8.30. The van der Waals surface area contributed by atoms with Crippen molar-refractivity contribution in [1.82, 2.24) is 0 Å². The van der Waals surface area contributed by atoms with Gasteiger partial charge in [0.1, 0.15) is 17.4 Å². The summed E-state index contributed by atoms with van der Waals surface area (Å²) in [5, 5.41) is 12.3. The van der Waals surface area contributed by atoms with E-state index >= 15 is 0 Å². The summed E-state index contributed by atoms with van der Waals surface area (Å²) in [7, 11) is 0. The van der Waals surface area contributed by atoms with Crippen LogP contribution in [0.5, 0.6) is 5.75 Å². The molecule has 3 aromatic carbocycles. The van der Waals surface area contributed by atoms with Crippen LogP contribution in [0.4, 0.5) is 0 Å². The number of nitrogens with zero attached hydrogens (tertiary/aromatic N) is 1. The molecule has 1 aliphatic heterocycles. The van der Waals surface area contributed by atoms with E-state index in [1.54, 1.807) is 0 Å². The first kappa shape index (κ1) is 14.6. The Balaban J connectivity index is 2.02. The fourth-order valence-corrected chi connectivity index (χ4v) is 3.41. The highest BCUT2D eigenvalue weighted by atomic mass is 35.5. The van der Waals surface area contributed by atoms with E-state index < -0.39 is 0 Å². The first-order chi connectivity index (χ1) is 11.7. The molecule has 4 heteroatoms. The molecule has 0 saturated heterocycles. The van der Waals surface area contributed by atoms with Gasteiger partial charge in [0.15, 0.2) is 0 Å². The number of hydrogen-bond donors (Lipinski definition) is 1. The number of hydrogen-bond acceptors (Lipinski definition) is 3. The van der Waals surface area contributed by atoms with Crippen LogP contribution in [-0.2, 0) is 0 Å². The van der Waals surface area contributed by atoms with Crippen LogP contribution in [-0.4, -0.2) is 0 Å². The highest BCUT2D eigenvalue weighted by Crippen LogP contribution is 2.45. The Kier molecular flexibility index (Phi) is 3.41. The predicted octanol–water partition coefficient (Wildman–Crippen LogP) is 4.71. The van der Waals surface area contributed by atoms with E-state index in [-0.39, 0.29) is 11.8 Å². The smallest absolute Gasteiger partial charge is 0.205 e. The van der Waals surface area contributed by atoms with Crippen molar-refractivity contribution in [2.24, 2.45) is 5.73 Å². The van der Waals surface area contributed by atoms with Gasteiger partial charge in [0, 0.05) is 16.0 Å². The normalized spacial score (nSPS) is 16.4. The average Bonchev–Trinajstić information content (AvgIpc) is 2.60. The lowest BCUT2D eigenvalue weighted by molar-refractivity contribution is 0.398. The van der Waals surface area contributed by atoms with E-state index in [4.69, 9.17) is 22.1 Å². The summed E-state index contributed by atoms with van der Waals surface area (Å²) in [6.07, 6.45) is 0. The van der Waals surface area contributed by atoms with Gasteiger partial charge in [-0.3, -0.25) is 0 Å². The maximum Gasteiger partial charge on any atom is 0.205 e. The molecule has 0 bridgehead atoms. The minimum Gasteiger partial charge on any atom is -0.440 e. The Morgan fingerprint density at radius 1 is 1.04 bits per heavy atom. The van der Waals surface area contributed by atoms with Crippen LogP contribution >= 0.6 is 11.6 Å². The largest absolute Gasteiger partial charge is 0.440 e. The summed E-state index contributed by atoms with van der Waals surface area (Å²) in [6.45, 7) is 0. The summed E-state index contributed by atoms with van der Waals surface area (Å²) >= 11 is 6.15. The van der Waals surface area contributed by atoms with Gasteiger partial charge in [0.25, 0.3) is 0 Å². The van der Waals surface area contributed by atoms with Gasteiger partial charge in [-0.25, -0.2) is 0 Å². The van der Waals surface area contributed by atoms with Crippen molar-refractivity contribution in [3.8, 4) is 11.8 Å². The molecule has 0 aliphatic carbocycles. The molecule has 3 nitrogen and oxygen atoms in total. The average molecular weight is 333 g/mol. The van der Waals surface area contributed by atoms with Crippen molar-refractivity contribution in [3.05, 3.63) is 88.3 Å². The maximum atomic E-state index is 9.60. The SMILES string of the molecule is N#CC1=C(N)Oc2c(ccc3ccccc23)[C@H]1c1cccc(Cl)c1. The molecule has 0 radical (unpaired) electrons. The second kappa shape index (κ2) is 5.59. The number of benzene rings is 3. The number of fused-ring (bicyclic) bond motifs is 3. The van der Waals surface area contributed by atoms with E-state index in [1.165, 1.54) is 0 Å². The number of nitrogens with two attached hydrogens (primary N) is 1. The number of ether oxygens (including phenoxy) is 1. The van der Waals surface area contributed by atoms with Crippen molar-refractivity contribution < 1.29 is 4.74 Å². The molecule has 1 heterocycles. The maximum absolute atomic E-state index is 9.60. The third-order valence-corrected chi connectivity index (χ3v) is 4.52. The second-order valence-corrected chi connectivity index (χ2v) is 6.12. The summed E-state index contributed by atoms with van der Waals surface area (Å²) in [5.74, 6) is 0.558. The fourth-order valence-electron chi connectivity index (χ4n) is 3.22. The molecule has 3 aromatic rings. The molecule has 2 N–H and O–H groups in total. The minimum atomic E-state index is -0.290. The summed E-state index contributed by atoms with van der Waals surface area (Å²) in [6, 6.07) is 21.7. The van der Waals surface area contributed by atoms with Gasteiger partial charge in [-0.15, -0.1) is 0 Å². The van der Waals surface area contributed by atoms with Crippen molar-refractivity contribution in [1.29, 1.82) is 5.26 Å². The van der Waals surface area contributed by atoms with Crippen LogP contribution in [0.25, 0.3) is 10.8 Å². The molecule has 4 rings (SSSR count). The van der Waals surface area contributed by atoms with E-state index in [0.29, 0.717) is 16.3 Å². The first-order valence-corrected chi connectivity index (χ1v) is 7.91. The van der Waals surface area contributed by atoms with Crippen molar-refractivity contribution >= 4 is 22.4 Å². The summed E-state index contributed by atoms with van der Waals surface area (Å²) in [4.78, 5) is 0. The van der Waals surface area contributed by atoms with Gasteiger partial charge >= 0.3 is 0 Å². The van der Waals surface area contributed by atoms with Gasteiger partial charge in [-0.2, -0.15) is 5.26 Å². The topological polar surface area (TPSA) is 59.0 Å². The molecule has 0 saturated carbocycles. The third-order valence-electron chi connectivity index (χ3n) is 4.29. The van der Waals surface area contributed by atoms with E-state index in [0.717, 1.165) is 21.9 Å². The zero-order valence-corrected chi connectivity index (χ0v) is 13.4. The Bertz CT molecular complexity index is 1030. The second-order valence-electron chi connectivity index (χ2n) is 5.68. The Morgan fingerprint density at radius 3 is 2.67 bits per heavy atom. The predicted molar refractivity (Wildman–Crippen MR) is 94.7 cm³/mol. The van der Waals surface area contributed by atoms with Crippen molar-refractivity contribution in [3.63, 3.8) is 0 Å². The molecule has 1 aliphatic rings. The zero-order chi connectivity index (χ0) is 16.7. The van der Waals surface area contributed by atoms with Crippen LogP contribution in [0, 0.1) is 11.3 Å². The fraction of sp³-hybridized carbons (Fsp3) is 0.0500. The number of nitriles is 1. The minimum absolute atomic E-state index is 0.145. The molecule has 0 unspecified atom stereocenters. The quantitative estimate of drug-likeness (QED) is 0.702. The molecule has 0 spiro atoms. The van der Waals surface area contributed by atoms with Gasteiger partial charge in [-0.1, -0.05) is 60.1 Å². The Morgan fingerprint density at radius 2 is 1.88 bits per heavy atom. The first-order valence-electron chi connectivity index (χ1n) is 7.53. The standard InChI is InChI=1S/C20H13ClN2O/c21-14-6-3-5-13(10-14)18-16-9-8-12-4-1-2-7-15(12)19(16)24-20(23)17(18)11-22/h1-10,18H,23H2/t18-/m1/s1. The van der Waals surface area contributed by atoms with Gasteiger partial charge in [0.05, 0.1) is 5.92 Å².